The lowest BCUT2D eigenvalue weighted by atomic mass is 10.2. The van der Waals surface area contributed by atoms with Crippen molar-refractivity contribution in [2.75, 3.05) is 39.4 Å². The molecule has 0 atom stereocenters. The van der Waals surface area contributed by atoms with Gasteiger partial charge in [0.25, 0.3) is 5.56 Å². The molecule has 1 saturated heterocycles. The molecular formula is C18H21F2N5O3. The molecule has 2 aromatic rings. The second-order valence-corrected chi connectivity index (χ2v) is 6.38. The zero-order chi connectivity index (χ0) is 19.9. The van der Waals surface area contributed by atoms with E-state index in [-0.39, 0.29) is 35.8 Å². The summed E-state index contributed by atoms with van der Waals surface area (Å²) < 4.78 is 31.6. The van der Waals surface area contributed by atoms with Gasteiger partial charge in [-0.3, -0.25) is 14.5 Å². The van der Waals surface area contributed by atoms with Crippen molar-refractivity contribution in [1.29, 1.82) is 0 Å². The standard InChI is InChI=1S/C18H21F2N5O3/c19-13-2-1-12(11-14(13)20)17-22-18(27)15(23-24-17)3-4-16(26)21-5-6-25-7-9-28-10-8-25/h1-2,11H,3-10H2,(H,21,26)(H,22,24,27). The van der Waals surface area contributed by atoms with Gasteiger partial charge in [0.05, 0.1) is 13.2 Å². The molecule has 1 aromatic heterocycles. The predicted molar refractivity (Wildman–Crippen MR) is 96.6 cm³/mol. The number of nitrogens with one attached hydrogen (secondary N) is 2. The fourth-order valence-corrected chi connectivity index (χ4v) is 2.80. The largest absolute Gasteiger partial charge is 0.379 e. The van der Waals surface area contributed by atoms with Crippen LogP contribution in [0.2, 0.25) is 0 Å². The van der Waals surface area contributed by atoms with Crippen molar-refractivity contribution in [3.63, 3.8) is 0 Å². The number of benzene rings is 1. The van der Waals surface area contributed by atoms with Crippen LogP contribution in [0.4, 0.5) is 8.78 Å². The van der Waals surface area contributed by atoms with E-state index < -0.39 is 17.2 Å². The lowest BCUT2D eigenvalue weighted by Crippen LogP contribution is -2.41. The second kappa shape index (κ2) is 9.47. The molecule has 0 radical (unpaired) electrons. The number of carbonyl (C=O) groups is 1. The van der Waals surface area contributed by atoms with E-state index in [4.69, 9.17) is 4.74 Å². The highest BCUT2D eigenvalue weighted by atomic mass is 19.2. The Labute approximate surface area is 159 Å². The van der Waals surface area contributed by atoms with E-state index >= 15 is 0 Å². The summed E-state index contributed by atoms with van der Waals surface area (Å²) in [6.07, 6.45) is 0.231. The Morgan fingerprint density at radius 3 is 2.71 bits per heavy atom. The van der Waals surface area contributed by atoms with Crippen LogP contribution < -0.4 is 10.9 Å². The number of carbonyl (C=O) groups excluding carboxylic acids is 1. The molecule has 10 heteroatoms. The number of aromatic nitrogens is 3. The van der Waals surface area contributed by atoms with E-state index in [2.05, 4.69) is 25.4 Å². The number of rotatable bonds is 7. The number of H-pyrrole nitrogens is 1. The first-order chi connectivity index (χ1) is 13.5. The zero-order valence-corrected chi connectivity index (χ0v) is 15.2. The van der Waals surface area contributed by atoms with Gasteiger partial charge in [-0.25, -0.2) is 8.78 Å². The SMILES string of the molecule is O=C(CCc1nnc(-c2ccc(F)c(F)c2)[nH]c1=O)NCCN1CCOCC1. The Balaban J connectivity index is 1.49. The Morgan fingerprint density at radius 1 is 1.21 bits per heavy atom. The number of amides is 1. The summed E-state index contributed by atoms with van der Waals surface area (Å²) in [5.74, 6) is -2.19. The van der Waals surface area contributed by atoms with Gasteiger partial charge in [0.15, 0.2) is 17.5 Å². The molecule has 3 rings (SSSR count). The summed E-state index contributed by atoms with van der Waals surface area (Å²) in [5, 5.41) is 10.5. The molecule has 2 N–H and O–H groups in total. The molecule has 1 amide bonds. The molecule has 150 valence electrons. The highest BCUT2D eigenvalue weighted by Gasteiger charge is 2.12. The molecule has 0 bridgehead atoms. The summed E-state index contributed by atoms with van der Waals surface area (Å²) in [7, 11) is 0. The summed E-state index contributed by atoms with van der Waals surface area (Å²) in [5.41, 5.74) is -0.207. The van der Waals surface area contributed by atoms with E-state index in [1.54, 1.807) is 0 Å². The highest BCUT2D eigenvalue weighted by Crippen LogP contribution is 2.16. The number of hydrogen-bond acceptors (Lipinski definition) is 6. The van der Waals surface area contributed by atoms with Crippen molar-refractivity contribution in [2.45, 2.75) is 12.8 Å². The van der Waals surface area contributed by atoms with Crippen LogP contribution in [-0.4, -0.2) is 65.4 Å². The quantitative estimate of drug-likeness (QED) is 0.710. The van der Waals surface area contributed by atoms with Crippen LogP contribution >= 0.6 is 0 Å². The number of hydrogen-bond donors (Lipinski definition) is 2. The number of aromatic amines is 1. The molecule has 0 unspecified atom stereocenters. The monoisotopic (exact) mass is 393 g/mol. The van der Waals surface area contributed by atoms with Crippen LogP contribution in [0.1, 0.15) is 12.1 Å². The van der Waals surface area contributed by atoms with Gasteiger partial charge in [-0.15, -0.1) is 10.2 Å². The average Bonchev–Trinajstić information content (AvgIpc) is 2.70. The number of ether oxygens (including phenoxy) is 1. The van der Waals surface area contributed by atoms with Crippen molar-refractivity contribution in [1.82, 2.24) is 25.4 Å². The Kier molecular flexibility index (Phi) is 6.77. The number of nitrogens with zero attached hydrogens (tertiary/aromatic N) is 3. The lowest BCUT2D eigenvalue weighted by molar-refractivity contribution is -0.121. The average molecular weight is 393 g/mol. The summed E-state index contributed by atoms with van der Waals surface area (Å²) >= 11 is 0. The normalized spacial score (nSPS) is 14.8. The van der Waals surface area contributed by atoms with Gasteiger partial charge >= 0.3 is 0 Å². The van der Waals surface area contributed by atoms with Crippen molar-refractivity contribution in [3.8, 4) is 11.4 Å². The third kappa shape index (κ3) is 5.40. The van der Waals surface area contributed by atoms with E-state index in [0.29, 0.717) is 19.8 Å². The van der Waals surface area contributed by atoms with Gasteiger partial charge in [-0.05, 0) is 18.2 Å². The van der Waals surface area contributed by atoms with Gasteiger partial charge < -0.3 is 15.0 Å². The van der Waals surface area contributed by atoms with Crippen LogP contribution in [0.5, 0.6) is 0 Å². The first-order valence-corrected chi connectivity index (χ1v) is 9.01. The fraction of sp³-hybridized carbons (Fsp3) is 0.444. The van der Waals surface area contributed by atoms with Gasteiger partial charge in [0.2, 0.25) is 5.91 Å². The number of aryl methyl sites for hydroxylation is 1. The molecule has 1 aliphatic rings. The molecule has 0 saturated carbocycles. The molecule has 28 heavy (non-hydrogen) atoms. The maximum atomic E-state index is 13.3. The van der Waals surface area contributed by atoms with Gasteiger partial charge in [0, 0.05) is 44.6 Å². The molecule has 0 spiro atoms. The van der Waals surface area contributed by atoms with Gasteiger partial charge in [-0.2, -0.15) is 0 Å². The van der Waals surface area contributed by atoms with E-state index in [1.807, 2.05) is 0 Å². The molecular weight excluding hydrogens is 372 g/mol. The fourth-order valence-electron chi connectivity index (χ4n) is 2.80. The Hall–Kier alpha value is -2.72. The minimum Gasteiger partial charge on any atom is -0.379 e. The first kappa shape index (κ1) is 20.0. The third-order valence-electron chi connectivity index (χ3n) is 4.40. The van der Waals surface area contributed by atoms with Crippen molar-refractivity contribution < 1.29 is 18.3 Å². The summed E-state index contributed by atoms with van der Waals surface area (Å²) in [4.78, 5) is 28.7. The predicted octanol–water partition coefficient (Wildman–Crippen LogP) is 0.491. The third-order valence-corrected chi connectivity index (χ3v) is 4.40. The Morgan fingerprint density at radius 2 is 2.00 bits per heavy atom. The molecule has 1 aromatic carbocycles. The summed E-state index contributed by atoms with van der Waals surface area (Å²) in [6, 6.07) is 3.16. The van der Waals surface area contributed by atoms with Crippen LogP contribution in [0.15, 0.2) is 23.0 Å². The van der Waals surface area contributed by atoms with E-state index in [1.165, 1.54) is 6.07 Å². The zero-order valence-electron chi connectivity index (χ0n) is 15.2. The van der Waals surface area contributed by atoms with E-state index in [9.17, 15) is 18.4 Å². The van der Waals surface area contributed by atoms with Crippen LogP contribution in [-0.2, 0) is 16.0 Å². The topological polar surface area (TPSA) is 100 Å². The molecule has 1 fully saturated rings. The van der Waals surface area contributed by atoms with Crippen molar-refractivity contribution in [2.24, 2.45) is 0 Å². The van der Waals surface area contributed by atoms with E-state index in [0.717, 1.165) is 31.8 Å². The minimum atomic E-state index is -1.04. The van der Waals surface area contributed by atoms with Crippen molar-refractivity contribution >= 4 is 5.91 Å². The van der Waals surface area contributed by atoms with Gasteiger partial charge in [-0.1, -0.05) is 0 Å². The maximum Gasteiger partial charge on any atom is 0.273 e. The van der Waals surface area contributed by atoms with Crippen LogP contribution in [0, 0.1) is 11.6 Å². The second-order valence-electron chi connectivity index (χ2n) is 6.38. The highest BCUT2D eigenvalue weighted by molar-refractivity contribution is 5.76. The van der Waals surface area contributed by atoms with Crippen LogP contribution in [0.3, 0.4) is 0 Å². The number of halogens is 2. The molecule has 2 heterocycles. The molecule has 1 aliphatic heterocycles. The first-order valence-electron chi connectivity index (χ1n) is 9.01. The maximum absolute atomic E-state index is 13.3. The summed E-state index contributed by atoms with van der Waals surface area (Å²) in [6.45, 7) is 4.39. The van der Waals surface area contributed by atoms with Crippen LogP contribution in [0.25, 0.3) is 11.4 Å². The molecule has 8 nitrogen and oxygen atoms in total. The smallest absolute Gasteiger partial charge is 0.273 e. The molecule has 0 aliphatic carbocycles. The Bertz CT molecular complexity index is 884. The minimum absolute atomic E-state index is 0.0302. The van der Waals surface area contributed by atoms with Crippen molar-refractivity contribution in [3.05, 3.63) is 45.9 Å². The number of morpholine rings is 1. The lowest BCUT2D eigenvalue weighted by Gasteiger charge is -2.26. The van der Waals surface area contributed by atoms with Gasteiger partial charge in [0.1, 0.15) is 5.69 Å².